The summed E-state index contributed by atoms with van der Waals surface area (Å²) in [6.07, 6.45) is -1.96. The highest BCUT2D eigenvalue weighted by molar-refractivity contribution is 5.19. The summed E-state index contributed by atoms with van der Waals surface area (Å²) in [6.45, 7) is 1.83. The third-order valence-corrected chi connectivity index (χ3v) is 2.06. The summed E-state index contributed by atoms with van der Waals surface area (Å²) < 4.78 is 35.8. The first-order valence-corrected chi connectivity index (χ1v) is 4.62. The van der Waals surface area contributed by atoms with E-state index in [0.717, 1.165) is 5.56 Å². The van der Waals surface area contributed by atoms with Crippen LogP contribution >= 0.6 is 0 Å². The molecule has 1 rings (SSSR count). The summed E-state index contributed by atoms with van der Waals surface area (Å²) >= 11 is 0. The molecule has 0 aliphatic rings. The molecule has 0 amide bonds. The van der Waals surface area contributed by atoms with E-state index < -0.39 is 18.6 Å². The van der Waals surface area contributed by atoms with Gasteiger partial charge in [-0.3, -0.25) is 4.98 Å². The summed E-state index contributed by atoms with van der Waals surface area (Å²) in [5.41, 5.74) is 7.18. The lowest BCUT2D eigenvalue weighted by Gasteiger charge is -2.13. The molecule has 1 aromatic heterocycles. The van der Waals surface area contributed by atoms with Crippen LogP contribution in [-0.4, -0.2) is 11.2 Å². The Hall–Kier alpha value is -1.10. The monoisotopic (exact) mass is 218 g/mol. The highest BCUT2D eigenvalue weighted by Crippen LogP contribution is 2.26. The molecular formula is C10H13F3N2. The second kappa shape index (κ2) is 4.61. The van der Waals surface area contributed by atoms with Crippen molar-refractivity contribution in [3.63, 3.8) is 0 Å². The molecule has 0 fully saturated rings. The van der Waals surface area contributed by atoms with Gasteiger partial charge in [0.2, 0.25) is 0 Å². The Morgan fingerprint density at radius 3 is 2.60 bits per heavy atom. The lowest BCUT2D eigenvalue weighted by atomic mass is 10.0. The second-order valence-corrected chi connectivity index (χ2v) is 3.56. The highest BCUT2D eigenvalue weighted by Gasteiger charge is 2.27. The quantitative estimate of drug-likeness (QED) is 0.847. The van der Waals surface area contributed by atoms with Crippen molar-refractivity contribution in [1.82, 2.24) is 4.98 Å². The smallest absolute Gasteiger partial charge is 0.324 e. The first kappa shape index (κ1) is 12.0. The number of aromatic nitrogens is 1. The fourth-order valence-corrected chi connectivity index (χ4v) is 1.27. The van der Waals surface area contributed by atoms with Crippen molar-refractivity contribution in [2.24, 2.45) is 5.73 Å². The van der Waals surface area contributed by atoms with Crippen LogP contribution in [0.2, 0.25) is 0 Å². The molecule has 1 atom stereocenters. The fraction of sp³-hybridized carbons (Fsp3) is 0.500. The summed E-state index contributed by atoms with van der Waals surface area (Å²) in [7, 11) is 0. The van der Waals surface area contributed by atoms with Crippen LogP contribution in [0.4, 0.5) is 13.2 Å². The summed E-state index contributed by atoms with van der Waals surface area (Å²) in [6, 6.07) is 1.16. The molecule has 0 radical (unpaired) electrons. The molecule has 2 N–H and O–H groups in total. The number of hydrogen-bond acceptors (Lipinski definition) is 2. The maximum atomic E-state index is 11.9. The van der Waals surface area contributed by atoms with Gasteiger partial charge in [-0.2, -0.15) is 13.2 Å². The van der Waals surface area contributed by atoms with Gasteiger partial charge in [-0.15, -0.1) is 0 Å². The molecule has 5 heteroatoms. The first-order chi connectivity index (χ1) is 6.88. The summed E-state index contributed by atoms with van der Waals surface area (Å²) in [5.74, 6) is 0. The van der Waals surface area contributed by atoms with Gasteiger partial charge in [-0.05, 0) is 24.5 Å². The van der Waals surface area contributed by atoms with E-state index in [4.69, 9.17) is 5.73 Å². The number of nitrogens with two attached hydrogens (primary N) is 1. The van der Waals surface area contributed by atoms with Gasteiger partial charge < -0.3 is 5.73 Å². The van der Waals surface area contributed by atoms with Crippen LogP contribution in [0, 0.1) is 6.92 Å². The van der Waals surface area contributed by atoms with Gasteiger partial charge in [-0.25, -0.2) is 0 Å². The molecule has 0 aliphatic carbocycles. The van der Waals surface area contributed by atoms with Crippen LogP contribution in [0.1, 0.15) is 30.0 Å². The molecule has 0 saturated heterocycles. The highest BCUT2D eigenvalue weighted by atomic mass is 19.4. The molecule has 15 heavy (non-hydrogen) atoms. The van der Waals surface area contributed by atoms with Crippen molar-refractivity contribution in [2.45, 2.75) is 32.0 Å². The van der Waals surface area contributed by atoms with Gasteiger partial charge in [0, 0.05) is 24.9 Å². The number of pyridine rings is 1. The Kier molecular flexibility index (Phi) is 3.68. The van der Waals surface area contributed by atoms with E-state index >= 15 is 0 Å². The van der Waals surface area contributed by atoms with Crippen LogP contribution in [-0.2, 0) is 0 Å². The second-order valence-electron chi connectivity index (χ2n) is 3.56. The Morgan fingerprint density at radius 2 is 2.07 bits per heavy atom. The zero-order chi connectivity index (χ0) is 11.5. The minimum absolute atomic E-state index is 0.103. The Morgan fingerprint density at radius 1 is 1.40 bits per heavy atom. The van der Waals surface area contributed by atoms with Crippen LogP contribution in [0.25, 0.3) is 0 Å². The van der Waals surface area contributed by atoms with Gasteiger partial charge in [0.05, 0.1) is 0 Å². The first-order valence-electron chi connectivity index (χ1n) is 4.62. The molecule has 0 spiro atoms. The molecule has 1 aromatic rings. The lowest BCUT2D eigenvalue weighted by Crippen LogP contribution is -2.16. The summed E-state index contributed by atoms with van der Waals surface area (Å²) in [5, 5.41) is 0. The number of hydrogen-bond donors (Lipinski definition) is 1. The standard InChI is InChI=1S/C10H13F3N2/c1-7-4-8(6-15-5-7)9(14)2-3-10(11,12)13/h4-6,9H,2-3,14H2,1H3. The van der Waals surface area contributed by atoms with E-state index in [1.165, 1.54) is 6.20 Å². The van der Waals surface area contributed by atoms with Crippen LogP contribution < -0.4 is 5.73 Å². The molecule has 1 heterocycles. The topological polar surface area (TPSA) is 38.9 Å². The molecule has 84 valence electrons. The maximum Gasteiger partial charge on any atom is 0.389 e. The number of halogens is 3. The zero-order valence-electron chi connectivity index (χ0n) is 8.38. The average Bonchev–Trinajstić information content (AvgIpc) is 2.13. The van der Waals surface area contributed by atoms with Crippen LogP contribution in [0.15, 0.2) is 18.5 Å². The number of rotatable bonds is 3. The number of aryl methyl sites for hydroxylation is 1. The van der Waals surface area contributed by atoms with Crippen molar-refractivity contribution >= 4 is 0 Å². The third kappa shape index (κ3) is 4.29. The Labute approximate surface area is 86.3 Å². The van der Waals surface area contributed by atoms with E-state index in [2.05, 4.69) is 4.98 Å². The normalized spacial score (nSPS) is 13.9. The van der Waals surface area contributed by atoms with Gasteiger partial charge in [0.25, 0.3) is 0 Å². The Balaban J connectivity index is 2.58. The predicted molar refractivity (Wildman–Crippen MR) is 51.2 cm³/mol. The minimum Gasteiger partial charge on any atom is -0.324 e. The number of nitrogens with zero attached hydrogens (tertiary/aromatic N) is 1. The van der Waals surface area contributed by atoms with E-state index in [9.17, 15) is 13.2 Å². The zero-order valence-corrected chi connectivity index (χ0v) is 8.38. The van der Waals surface area contributed by atoms with E-state index in [1.807, 2.05) is 6.92 Å². The number of alkyl halides is 3. The van der Waals surface area contributed by atoms with E-state index in [1.54, 1.807) is 12.3 Å². The van der Waals surface area contributed by atoms with Crippen LogP contribution in [0.3, 0.4) is 0 Å². The van der Waals surface area contributed by atoms with Gasteiger partial charge >= 0.3 is 6.18 Å². The largest absolute Gasteiger partial charge is 0.389 e. The van der Waals surface area contributed by atoms with Crippen molar-refractivity contribution < 1.29 is 13.2 Å². The molecule has 0 aromatic carbocycles. The van der Waals surface area contributed by atoms with Crippen molar-refractivity contribution in [3.05, 3.63) is 29.6 Å². The lowest BCUT2D eigenvalue weighted by molar-refractivity contribution is -0.136. The SMILES string of the molecule is Cc1cncc(C(N)CCC(F)(F)F)c1. The molecular weight excluding hydrogens is 205 g/mol. The average molecular weight is 218 g/mol. The van der Waals surface area contributed by atoms with Gasteiger partial charge in [0.15, 0.2) is 0 Å². The fourth-order valence-electron chi connectivity index (χ4n) is 1.27. The third-order valence-electron chi connectivity index (χ3n) is 2.06. The van der Waals surface area contributed by atoms with E-state index in [0.29, 0.717) is 5.56 Å². The molecule has 0 saturated carbocycles. The minimum atomic E-state index is -4.14. The van der Waals surface area contributed by atoms with Gasteiger partial charge in [-0.1, -0.05) is 6.07 Å². The van der Waals surface area contributed by atoms with Crippen molar-refractivity contribution in [3.8, 4) is 0 Å². The Bertz CT molecular complexity index is 323. The van der Waals surface area contributed by atoms with E-state index in [-0.39, 0.29) is 6.42 Å². The van der Waals surface area contributed by atoms with Crippen molar-refractivity contribution in [1.29, 1.82) is 0 Å². The maximum absolute atomic E-state index is 11.9. The predicted octanol–water partition coefficient (Wildman–Crippen LogP) is 2.73. The van der Waals surface area contributed by atoms with Crippen LogP contribution in [0.5, 0.6) is 0 Å². The molecule has 2 nitrogen and oxygen atoms in total. The molecule has 0 bridgehead atoms. The molecule has 1 unspecified atom stereocenters. The molecule has 0 aliphatic heterocycles. The summed E-state index contributed by atoms with van der Waals surface area (Å²) in [4.78, 5) is 3.89. The van der Waals surface area contributed by atoms with Crippen molar-refractivity contribution in [2.75, 3.05) is 0 Å². The van der Waals surface area contributed by atoms with Gasteiger partial charge in [0.1, 0.15) is 0 Å².